The number of aromatic nitrogens is 2. The second-order valence-electron chi connectivity index (χ2n) is 5.61. The number of pyridine rings is 2. The number of methoxy groups -OCH3 is 1. The highest BCUT2D eigenvalue weighted by Gasteiger charge is 2.65. The summed E-state index contributed by atoms with van der Waals surface area (Å²) in [6, 6.07) is 6.13. The molecular weight excluding hydrogens is 410 g/mol. The van der Waals surface area contributed by atoms with Gasteiger partial charge >= 0.3 is 10.2 Å². The van der Waals surface area contributed by atoms with Crippen molar-refractivity contribution < 1.29 is 33.3 Å². The van der Waals surface area contributed by atoms with Crippen molar-refractivity contribution in [1.29, 1.82) is 0 Å². The Hall–Kier alpha value is -2.95. The molecule has 3 rings (SSSR count). The van der Waals surface area contributed by atoms with Gasteiger partial charge in [0.25, 0.3) is 0 Å². The Bertz CT molecular complexity index is 1030. The third-order valence-electron chi connectivity index (χ3n) is 3.57. The van der Waals surface area contributed by atoms with E-state index in [4.69, 9.17) is 9.47 Å². The maximum absolute atomic E-state index is 13.9. The Morgan fingerprint density at radius 1 is 0.893 bits per heavy atom. The fraction of sp³-hybridized carbons (Fsp3) is 0.0588. The van der Waals surface area contributed by atoms with Crippen molar-refractivity contribution in [2.24, 2.45) is 0 Å². The Morgan fingerprint density at radius 2 is 1.57 bits per heavy atom. The number of ether oxygens (including phenoxy) is 2. The van der Waals surface area contributed by atoms with E-state index in [0.717, 1.165) is 18.2 Å². The van der Waals surface area contributed by atoms with Crippen LogP contribution < -0.4 is 9.47 Å². The summed E-state index contributed by atoms with van der Waals surface area (Å²) in [6.45, 7) is 0. The zero-order valence-corrected chi connectivity index (χ0v) is 14.9. The highest BCUT2D eigenvalue weighted by molar-refractivity contribution is 8.45. The van der Waals surface area contributed by atoms with Gasteiger partial charge < -0.3 is 9.47 Å². The molecule has 4 nitrogen and oxygen atoms in total. The van der Waals surface area contributed by atoms with Gasteiger partial charge in [-0.05, 0) is 42.5 Å². The van der Waals surface area contributed by atoms with Crippen molar-refractivity contribution in [1.82, 2.24) is 9.97 Å². The lowest BCUT2D eigenvalue weighted by Gasteiger charge is -2.40. The average molecular weight is 422 g/mol. The molecule has 0 spiro atoms. The van der Waals surface area contributed by atoms with Crippen molar-refractivity contribution >= 4 is 10.2 Å². The minimum absolute atomic E-state index is 0.0750. The van der Waals surface area contributed by atoms with Crippen LogP contribution in [0, 0.1) is 5.82 Å². The summed E-state index contributed by atoms with van der Waals surface area (Å²) in [5.41, 5.74) is 0.554. The Balaban J connectivity index is 1.94. The first-order chi connectivity index (χ1) is 12.9. The van der Waals surface area contributed by atoms with Crippen LogP contribution in [0.5, 0.6) is 17.5 Å². The maximum atomic E-state index is 13.9. The summed E-state index contributed by atoms with van der Waals surface area (Å²) < 4.78 is 88.0. The molecule has 28 heavy (non-hydrogen) atoms. The highest BCUT2D eigenvalue weighted by Crippen LogP contribution is 3.02. The molecule has 0 fully saturated rings. The van der Waals surface area contributed by atoms with Gasteiger partial charge in [0, 0.05) is 23.5 Å². The van der Waals surface area contributed by atoms with Crippen LogP contribution in [0.3, 0.4) is 0 Å². The third-order valence-corrected chi connectivity index (χ3v) is 4.73. The molecule has 11 heteroatoms. The number of nitrogens with zero attached hydrogens (tertiary/aromatic N) is 2. The highest BCUT2D eigenvalue weighted by atomic mass is 32.5. The van der Waals surface area contributed by atoms with E-state index >= 15 is 0 Å². The van der Waals surface area contributed by atoms with Gasteiger partial charge in [0.2, 0.25) is 11.8 Å². The number of hydrogen-bond donors (Lipinski definition) is 0. The first kappa shape index (κ1) is 19.8. The predicted octanol–water partition coefficient (Wildman–Crippen LogP) is 6.74. The Labute approximate surface area is 155 Å². The summed E-state index contributed by atoms with van der Waals surface area (Å²) in [7, 11) is -8.52. The van der Waals surface area contributed by atoms with Gasteiger partial charge in [-0.2, -0.15) is 0 Å². The van der Waals surface area contributed by atoms with Crippen LogP contribution in [0.1, 0.15) is 0 Å². The lowest BCUT2D eigenvalue weighted by atomic mass is 10.1. The molecule has 2 heterocycles. The molecule has 0 atom stereocenters. The summed E-state index contributed by atoms with van der Waals surface area (Å²) in [6.07, 6.45) is 2.64. The van der Waals surface area contributed by atoms with Gasteiger partial charge in [0.05, 0.1) is 7.11 Å². The molecule has 1 aromatic carbocycles. The van der Waals surface area contributed by atoms with Crippen LogP contribution in [0.25, 0.3) is 11.1 Å². The van der Waals surface area contributed by atoms with E-state index in [0.29, 0.717) is 0 Å². The van der Waals surface area contributed by atoms with Crippen molar-refractivity contribution in [2.75, 3.05) is 7.11 Å². The number of halogens is 6. The van der Waals surface area contributed by atoms with E-state index < -0.39 is 20.9 Å². The van der Waals surface area contributed by atoms with Gasteiger partial charge in [-0.1, -0.05) is 19.4 Å². The molecule has 0 saturated carbocycles. The van der Waals surface area contributed by atoms with E-state index in [1.165, 1.54) is 31.6 Å². The molecule has 0 aliphatic carbocycles. The van der Waals surface area contributed by atoms with Crippen molar-refractivity contribution in [3.63, 3.8) is 0 Å². The van der Waals surface area contributed by atoms with E-state index in [2.05, 4.69) is 9.97 Å². The van der Waals surface area contributed by atoms with Crippen molar-refractivity contribution in [3.8, 4) is 28.6 Å². The molecule has 0 unspecified atom stereocenters. The van der Waals surface area contributed by atoms with Crippen LogP contribution in [-0.2, 0) is 0 Å². The molecule has 0 N–H and O–H groups in total. The summed E-state index contributed by atoms with van der Waals surface area (Å²) >= 11 is 0. The predicted molar refractivity (Wildman–Crippen MR) is 91.9 cm³/mol. The van der Waals surface area contributed by atoms with Crippen LogP contribution >= 0.6 is 10.2 Å². The lowest BCUT2D eigenvalue weighted by Crippen LogP contribution is -2.05. The molecule has 0 aliphatic heterocycles. The minimum Gasteiger partial charge on any atom is -0.479 e. The first-order valence-electron chi connectivity index (χ1n) is 7.54. The lowest BCUT2D eigenvalue weighted by molar-refractivity contribution is 0.363. The molecule has 0 radical (unpaired) electrons. The number of hydrogen-bond acceptors (Lipinski definition) is 4. The standard InChI is InChI=1S/C17H12F6N2O2S/c1-26-17-15(18)9-11(10-25-17)14-3-2-8-24-16(14)27-12-4-6-13(7-5-12)28(19,20,21,22)23/h2-10H,1H3. The summed E-state index contributed by atoms with van der Waals surface area (Å²) in [4.78, 5) is 5.71. The van der Waals surface area contributed by atoms with Crippen molar-refractivity contribution in [3.05, 3.63) is 60.7 Å². The molecule has 0 aliphatic rings. The Kier molecular flexibility index (Phi) is 4.26. The third kappa shape index (κ3) is 4.30. The second-order valence-corrected chi connectivity index (χ2v) is 8.02. The van der Waals surface area contributed by atoms with Gasteiger partial charge in [-0.15, -0.1) is 0 Å². The van der Waals surface area contributed by atoms with E-state index in [-0.39, 0.29) is 40.8 Å². The zero-order chi connectivity index (χ0) is 20.6. The van der Waals surface area contributed by atoms with Crippen LogP contribution in [0.2, 0.25) is 0 Å². The monoisotopic (exact) mass is 422 g/mol. The van der Waals surface area contributed by atoms with Crippen molar-refractivity contribution in [2.45, 2.75) is 4.90 Å². The smallest absolute Gasteiger partial charge is 0.310 e. The molecule has 3 aromatic rings. The fourth-order valence-corrected chi connectivity index (χ4v) is 2.94. The maximum Gasteiger partial charge on any atom is 0.310 e. The molecular formula is C17H12F6N2O2S. The molecule has 2 aromatic heterocycles. The van der Waals surface area contributed by atoms with Gasteiger partial charge in [0.1, 0.15) is 10.6 Å². The minimum atomic E-state index is -9.77. The SMILES string of the molecule is COc1ncc(-c2cccnc2Oc2ccc(S(F)(F)(F)(F)F)cc2)cc1F. The Morgan fingerprint density at radius 3 is 2.14 bits per heavy atom. The molecule has 0 bridgehead atoms. The van der Waals surface area contributed by atoms with E-state index in [9.17, 15) is 23.8 Å². The molecule has 0 saturated heterocycles. The van der Waals surface area contributed by atoms with Gasteiger partial charge in [-0.25, -0.2) is 14.4 Å². The fourth-order valence-electron chi connectivity index (χ4n) is 2.29. The normalized spacial score (nSPS) is 14.1. The average Bonchev–Trinajstić information content (AvgIpc) is 2.60. The van der Waals surface area contributed by atoms with Crippen LogP contribution in [0.15, 0.2) is 59.8 Å². The molecule has 0 amide bonds. The summed E-state index contributed by atoms with van der Waals surface area (Å²) in [5, 5.41) is 0. The van der Waals surface area contributed by atoms with E-state index in [1.807, 2.05) is 0 Å². The second kappa shape index (κ2) is 6.03. The number of benzene rings is 1. The number of rotatable bonds is 5. The van der Waals surface area contributed by atoms with Crippen LogP contribution in [0.4, 0.5) is 23.8 Å². The van der Waals surface area contributed by atoms with Gasteiger partial charge in [0.15, 0.2) is 5.82 Å². The largest absolute Gasteiger partial charge is 0.479 e. The molecule has 150 valence electrons. The quantitative estimate of drug-likeness (QED) is 0.427. The first-order valence-corrected chi connectivity index (χ1v) is 9.49. The van der Waals surface area contributed by atoms with E-state index in [1.54, 1.807) is 0 Å². The van der Waals surface area contributed by atoms with Crippen LogP contribution in [-0.4, -0.2) is 17.1 Å². The zero-order valence-electron chi connectivity index (χ0n) is 14.1. The topological polar surface area (TPSA) is 44.2 Å². The van der Waals surface area contributed by atoms with Gasteiger partial charge in [-0.3, -0.25) is 0 Å². The summed E-state index contributed by atoms with van der Waals surface area (Å²) in [5.74, 6) is -1.20.